The molecule has 0 bridgehead atoms. The molecule has 2 unspecified atom stereocenters. The first-order valence-corrected chi connectivity index (χ1v) is 4.14. The molecular formula is C9H17N. The minimum absolute atomic E-state index is 0.746. The molecule has 2 atom stereocenters. The topological polar surface area (TPSA) is 3.24 Å². The molecule has 58 valence electrons. The SMILES string of the molecule is CC=CN1CCC(C)C1C. The van der Waals surface area contributed by atoms with Crippen molar-refractivity contribution in [2.75, 3.05) is 6.54 Å². The van der Waals surface area contributed by atoms with Gasteiger partial charge in [0.2, 0.25) is 0 Å². The predicted octanol–water partition coefficient (Wildman–Crippen LogP) is 2.25. The van der Waals surface area contributed by atoms with Crippen molar-refractivity contribution >= 4 is 0 Å². The Balaban J connectivity index is 2.48. The third-order valence-electron chi connectivity index (χ3n) is 2.53. The fourth-order valence-electron chi connectivity index (χ4n) is 1.53. The average Bonchev–Trinajstić information content (AvgIpc) is 2.20. The number of hydrogen-bond acceptors (Lipinski definition) is 1. The standard InChI is InChI=1S/C9H17N/c1-4-6-10-7-5-8(2)9(10)3/h4,6,8-9H,5,7H2,1-3H3. The van der Waals surface area contributed by atoms with Crippen LogP contribution in [0.15, 0.2) is 12.3 Å². The normalized spacial score (nSPS) is 34.1. The molecule has 1 heterocycles. The van der Waals surface area contributed by atoms with Crippen LogP contribution in [0.3, 0.4) is 0 Å². The van der Waals surface area contributed by atoms with Gasteiger partial charge in [-0.2, -0.15) is 0 Å². The summed E-state index contributed by atoms with van der Waals surface area (Å²) in [5.74, 6) is 0.871. The van der Waals surface area contributed by atoms with Gasteiger partial charge in [-0.25, -0.2) is 0 Å². The maximum atomic E-state index is 2.42. The fraction of sp³-hybridized carbons (Fsp3) is 0.778. The first kappa shape index (κ1) is 7.64. The molecule has 1 rings (SSSR count). The highest BCUT2D eigenvalue weighted by Gasteiger charge is 2.23. The Labute approximate surface area is 63.7 Å². The molecule has 0 amide bonds. The summed E-state index contributed by atoms with van der Waals surface area (Å²) in [5, 5.41) is 0. The van der Waals surface area contributed by atoms with Gasteiger partial charge in [0, 0.05) is 12.6 Å². The van der Waals surface area contributed by atoms with E-state index in [0.717, 1.165) is 12.0 Å². The van der Waals surface area contributed by atoms with Gasteiger partial charge in [-0.15, -0.1) is 0 Å². The lowest BCUT2D eigenvalue weighted by Crippen LogP contribution is -2.23. The summed E-state index contributed by atoms with van der Waals surface area (Å²) in [7, 11) is 0. The monoisotopic (exact) mass is 139 g/mol. The molecule has 0 spiro atoms. The Hall–Kier alpha value is -0.460. The van der Waals surface area contributed by atoms with Crippen molar-refractivity contribution in [2.24, 2.45) is 5.92 Å². The lowest BCUT2D eigenvalue weighted by molar-refractivity contribution is 0.335. The minimum atomic E-state index is 0.746. The molecule has 0 aliphatic carbocycles. The summed E-state index contributed by atoms with van der Waals surface area (Å²) in [5.41, 5.74) is 0. The van der Waals surface area contributed by atoms with Crippen molar-refractivity contribution in [2.45, 2.75) is 33.2 Å². The molecule has 1 fully saturated rings. The van der Waals surface area contributed by atoms with Crippen LogP contribution in [0.1, 0.15) is 27.2 Å². The Bertz CT molecular complexity index is 129. The van der Waals surface area contributed by atoms with Crippen LogP contribution in [0, 0.1) is 5.92 Å². The maximum absolute atomic E-state index is 2.42. The third kappa shape index (κ3) is 1.34. The van der Waals surface area contributed by atoms with Crippen molar-refractivity contribution in [3.05, 3.63) is 12.3 Å². The smallest absolute Gasteiger partial charge is 0.0282 e. The molecule has 0 radical (unpaired) electrons. The van der Waals surface area contributed by atoms with Gasteiger partial charge >= 0.3 is 0 Å². The van der Waals surface area contributed by atoms with Crippen LogP contribution in [0.4, 0.5) is 0 Å². The molecule has 1 saturated heterocycles. The molecule has 0 aromatic heterocycles. The zero-order chi connectivity index (χ0) is 7.56. The van der Waals surface area contributed by atoms with Crippen LogP contribution in [0.5, 0.6) is 0 Å². The first-order valence-electron chi connectivity index (χ1n) is 4.14. The van der Waals surface area contributed by atoms with E-state index in [2.05, 4.69) is 37.9 Å². The summed E-state index contributed by atoms with van der Waals surface area (Å²) < 4.78 is 0. The van der Waals surface area contributed by atoms with E-state index in [9.17, 15) is 0 Å². The molecule has 1 aliphatic rings. The van der Waals surface area contributed by atoms with Gasteiger partial charge in [0.05, 0.1) is 0 Å². The second kappa shape index (κ2) is 3.09. The number of allylic oxidation sites excluding steroid dienone is 1. The first-order chi connectivity index (χ1) is 4.75. The van der Waals surface area contributed by atoms with Gasteiger partial charge in [-0.3, -0.25) is 0 Å². The highest BCUT2D eigenvalue weighted by molar-refractivity contribution is 4.89. The van der Waals surface area contributed by atoms with E-state index < -0.39 is 0 Å². The van der Waals surface area contributed by atoms with E-state index in [4.69, 9.17) is 0 Å². The molecule has 0 aromatic carbocycles. The van der Waals surface area contributed by atoms with Crippen molar-refractivity contribution in [3.63, 3.8) is 0 Å². The number of nitrogens with zero attached hydrogens (tertiary/aromatic N) is 1. The van der Waals surface area contributed by atoms with Crippen LogP contribution in [0.2, 0.25) is 0 Å². The van der Waals surface area contributed by atoms with E-state index >= 15 is 0 Å². The van der Waals surface area contributed by atoms with Crippen molar-refractivity contribution in [3.8, 4) is 0 Å². The Kier molecular flexibility index (Phi) is 2.36. The highest BCUT2D eigenvalue weighted by Crippen LogP contribution is 2.22. The van der Waals surface area contributed by atoms with E-state index in [-0.39, 0.29) is 0 Å². The van der Waals surface area contributed by atoms with Gasteiger partial charge in [0.1, 0.15) is 0 Å². The minimum Gasteiger partial charge on any atom is -0.375 e. The lowest BCUT2D eigenvalue weighted by Gasteiger charge is -2.20. The summed E-state index contributed by atoms with van der Waals surface area (Å²) in [4.78, 5) is 2.42. The van der Waals surface area contributed by atoms with Crippen LogP contribution in [-0.2, 0) is 0 Å². The largest absolute Gasteiger partial charge is 0.375 e. The van der Waals surface area contributed by atoms with E-state index in [1.165, 1.54) is 13.0 Å². The lowest BCUT2D eigenvalue weighted by atomic mass is 10.1. The summed E-state index contributed by atoms with van der Waals surface area (Å²) in [6.45, 7) is 7.95. The summed E-state index contributed by atoms with van der Waals surface area (Å²) in [6, 6.07) is 0.746. The highest BCUT2D eigenvalue weighted by atomic mass is 15.2. The van der Waals surface area contributed by atoms with Gasteiger partial charge in [-0.1, -0.05) is 13.0 Å². The zero-order valence-corrected chi connectivity index (χ0v) is 7.17. The maximum Gasteiger partial charge on any atom is 0.0282 e. The Morgan fingerprint density at radius 3 is 2.50 bits per heavy atom. The molecule has 0 aromatic rings. The van der Waals surface area contributed by atoms with Crippen molar-refractivity contribution in [1.29, 1.82) is 0 Å². The van der Waals surface area contributed by atoms with Crippen LogP contribution in [-0.4, -0.2) is 17.5 Å². The number of likely N-dealkylation sites (tertiary alicyclic amines) is 1. The molecule has 0 N–H and O–H groups in total. The van der Waals surface area contributed by atoms with E-state index in [1.807, 2.05) is 0 Å². The molecule has 1 nitrogen and oxygen atoms in total. The van der Waals surface area contributed by atoms with Gasteiger partial charge in [0.25, 0.3) is 0 Å². The second-order valence-electron chi connectivity index (χ2n) is 3.23. The fourth-order valence-corrected chi connectivity index (χ4v) is 1.53. The summed E-state index contributed by atoms with van der Waals surface area (Å²) in [6.07, 6.45) is 5.67. The molecule has 0 saturated carbocycles. The Morgan fingerprint density at radius 1 is 1.40 bits per heavy atom. The second-order valence-corrected chi connectivity index (χ2v) is 3.23. The Morgan fingerprint density at radius 2 is 2.10 bits per heavy atom. The zero-order valence-electron chi connectivity index (χ0n) is 7.17. The quantitative estimate of drug-likeness (QED) is 0.538. The van der Waals surface area contributed by atoms with Gasteiger partial charge in [0.15, 0.2) is 0 Å². The predicted molar refractivity (Wildman–Crippen MR) is 44.8 cm³/mol. The van der Waals surface area contributed by atoms with Crippen LogP contribution < -0.4 is 0 Å². The number of rotatable bonds is 1. The molecule has 10 heavy (non-hydrogen) atoms. The van der Waals surface area contributed by atoms with Gasteiger partial charge in [-0.05, 0) is 32.4 Å². The van der Waals surface area contributed by atoms with Gasteiger partial charge < -0.3 is 4.90 Å². The van der Waals surface area contributed by atoms with Crippen molar-refractivity contribution in [1.82, 2.24) is 4.90 Å². The molecule has 1 heteroatoms. The van der Waals surface area contributed by atoms with Crippen LogP contribution >= 0.6 is 0 Å². The van der Waals surface area contributed by atoms with E-state index in [0.29, 0.717) is 0 Å². The number of hydrogen-bond donors (Lipinski definition) is 0. The van der Waals surface area contributed by atoms with Crippen molar-refractivity contribution < 1.29 is 0 Å². The average molecular weight is 139 g/mol. The molecule has 1 aliphatic heterocycles. The molecular weight excluding hydrogens is 122 g/mol. The van der Waals surface area contributed by atoms with E-state index in [1.54, 1.807) is 0 Å². The third-order valence-corrected chi connectivity index (χ3v) is 2.53. The summed E-state index contributed by atoms with van der Waals surface area (Å²) >= 11 is 0. The van der Waals surface area contributed by atoms with Crippen LogP contribution in [0.25, 0.3) is 0 Å².